The van der Waals surface area contributed by atoms with Gasteiger partial charge < -0.3 is 10.4 Å². The van der Waals surface area contributed by atoms with E-state index in [1.165, 1.54) is 22.6 Å². The Morgan fingerprint density at radius 2 is 1.54 bits per heavy atom. The number of aliphatic hydroxyl groups is 1. The molecule has 0 heterocycles. The largest absolute Gasteiger partial charge is 0.392 e. The van der Waals surface area contributed by atoms with Gasteiger partial charge in [-0.2, -0.15) is 10.0 Å². The van der Waals surface area contributed by atoms with Gasteiger partial charge in [-0.3, -0.25) is 0 Å². The second kappa shape index (κ2) is 7.73. The minimum absolute atomic E-state index is 0.259. The van der Waals surface area contributed by atoms with E-state index in [0.29, 0.717) is 12.0 Å². The van der Waals surface area contributed by atoms with Crippen molar-refractivity contribution in [1.82, 2.24) is 5.32 Å². The lowest BCUT2D eigenvalue weighted by atomic mass is 9.98. The Morgan fingerprint density at radius 3 is 2.04 bits per heavy atom. The molecule has 130 valence electrons. The highest BCUT2D eigenvalue weighted by Gasteiger charge is 2.36. The molecule has 0 amide bonds. The molecule has 0 saturated heterocycles. The molecule has 0 bridgehead atoms. The maximum Gasteiger partial charge on any atom is 0.0665 e. The van der Waals surface area contributed by atoms with Gasteiger partial charge in [0.2, 0.25) is 0 Å². The summed E-state index contributed by atoms with van der Waals surface area (Å²) in [6.45, 7) is 0. The lowest BCUT2D eigenvalue weighted by molar-refractivity contribution is 0.117. The van der Waals surface area contributed by atoms with Crippen molar-refractivity contribution in [3.8, 4) is 0 Å². The van der Waals surface area contributed by atoms with E-state index in [2.05, 4.69) is 72.2 Å². The summed E-state index contributed by atoms with van der Waals surface area (Å²) in [5, 5.41) is 14.5. The first-order valence-corrected chi connectivity index (χ1v) is 11.1. The zero-order valence-electron chi connectivity index (χ0n) is 14.7. The van der Waals surface area contributed by atoms with E-state index >= 15 is 0 Å². The predicted octanol–water partition coefficient (Wildman–Crippen LogP) is 4.29. The van der Waals surface area contributed by atoms with Crippen LogP contribution in [0.2, 0.25) is 0 Å². The fourth-order valence-corrected chi connectivity index (χ4v) is 7.15. The SMILES string of the molecule is CN[C@H]1CCC[C@H]1[C@H](O)CS(C)(c1ccccc1)c1ccccc1. The van der Waals surface area contributed by atoms with Gasteiger partial charge in [0.1, 0.15) is 0 Å². The van der Waals surface area contributed by atoms with Crippen molar-refractivity contribution in [3.05, 3.63) is 60.7 Å². The van der Waals surface area contributed by atoms with E-state index in [0.717, 1.165) is 12.2 Å². The second-order valence-corrected chi connectivity index (χ2v) is 10.4. The summed E-state index contributed by atoms with van der Waals surface area (Å²) in [4.78, 5) is 2.71. The average Bonchev–Trinajstić information content (AvgIpc) is 3.12. The zero-order chi connectivity index (χ0) is 17.0. The van der Waals surface area contributed by atoms with Crippen molar-refractivity contribution in [2.24, 2.45) is 5.92 Å². The van der Waals surface area contributed by atoms with Gasteiger partial charge in [-0.1, -0.05) is 42.8 Å². The van der Waals surface area contributed by atoms with Crippen molar-refractivity contribution < 1.29 is 5.11 Å². The Morgan fingerprint density at radius 1 is 1.00 bits per heavy atom. The first kappa shape index (κ1) is 17.5. The molecule has 2 aromatic carbocycles. The van der Waals surface area contributed by atoms with E-state index in [1.807, 2.05) is 7.05 Å². The molecule has 1 aliphatic rings. The summed E-state index contributed by atoms with van der Waals surface area (Å²) in [7, 11) is 0.781. The standard InChI is InChI=1S/C21H29NOS/c1-22-20-15-9-14-19(20)21(23)16-24(2,17-10-5-3-6-11-17)18-12-7-4-8-13-18/h3-8,10-13,19-23H,9,14-16H2,1-2H3/t19-,20+,21-/m1/s1. The average molecular weight is 344 g/mol. The van der Waals surface area contributed by atoms with Crippen LogP contribution in [-0.2, 0) is 0 Å². The van der Waals surface area contributed by atoms with Crippen LogP contribution in [0.5, 0.6) is 0 Å². The summed E-state index contributed by atoms with van der Waals surface area (Å²) in [6.07, 6.45) is 5.62. The Balaban J connectivity index is 1.91. The van der Waals surface area contributed by atoms with Crippen LogP contribution < -0.4 is 5.32 Å². The molecule has 2 N–H and O–H groups in total. The molecule has 3 rings (SSSR count). The predicted molar refractivity (Wildman–Crippen MR) is 104 cm³/mol. The molecule has 0 spiro atoms. The van der Waals surface area contributed by atoms with Crippen LogP contribution in [0.3, 0.4) is 0 Å². The molecular formula is C21H29NOS. The van der Waals surface area contributed by atoms with Gasteiger partial charge in [-0.15, -0.1) is 0 Å². The number of hydrogen-bond donors (Lipinski definition) is 2. The topological polar surface area (TPSA) is 32.3 Å². The fourth-order valence-electron chi connectivity index (χ4n) is 4.04. The second-order valence-electron chi connectivity index (χ2n) is 6.94. The molecule has 1 saturated carbocycles. The Bertz CT molecular complexity index is 591. The van der Waals surface area contributed by atoms with Crippen LogP contribution >= 0.6 is 10.0 Å². The van der Waals surface area contributed by atoms with Gasteiger partial charge in [0.15, 0.2) is 0 Å². The lowest BCUT2D eigenvalue weighted by Gasteiger charge is -2.40. The number of hydrogen-bond acceptors (Lipinski definition) is 2. The molecule has 1 fully saturated rings. The fraction of sp³-hybridized carbons (Fsp3) is 0.429. The van der Waals surface area contributed by atoms with Crippen LogP contribution in [0, 0.1) is 5.92 Å². The quantitative estimate of drug-likeness (QED) is 0.820. The summed E-state index contributed by atoms with van der Waals surface area (Å²) in [6, 6.07) is 21.9. The van der Waals surface area contributed by atoms with Crippen LogP contribution in [0.15, 0.2) is 70.5 Å². The van der Waals surface area contributed by atoms with E-state index in [1.54, 1.807) is 0 Å². The number of benzene rings is 2. The third kappa shape index (κ3) is 3.53. The molecule has 24 heavy (non-hydrogen) atoms. The van der Waals surface area contributed by atoms with Gasteiger partial charge in [-0.25, -0.2) is 0 Å². The minimum atomic E-state index is -1.24. The number of nitrogens with one attached hydrogen (secondary N) is 1. The van der Waals surface area contributed by atoms with Gasteiger partial charge in [0.05, 0.1) is 6.10 Å². The van der Waals surface area contributed by atoms with Crippen molar-refractivity contribution >= 4 is 10.0 Å². The lowest BCUT2D eigenvalue weighted by Crippen LogP contribution is -2.38. The first-order chi connectivity index (χ1) is 11.6. The molecule has 1 aliphatic carbocycles. The molecule has 3 atom stereocenters. The summed E-state index contributed by atoms with van der Waals surface area (Å²) in [5.41, 5.74) is 0. The third-order valence-corrected chi connectivity index (χ3v) is 9.10. The van der Waals surface area contributed by atoms with Crippen molar-refractivity contribution in [3.63, 3.8) is 0 Å². The number of rotatable bonds is 6. The van der Waals surface area contributed by atoms with Gasteiger partial charge in [0.25, 0.3) is 0 Å². The van der Waals surface area contributed by atoms with Crippen LogP contribution in [0.4, 0.5) is 0 Å². The van der Waals surface area contributed by atoms with Crippen molar-refractivity contribution in [2.45, 2.75) is 41.2 Å². The van der Waals surface area contributed by atoms with Gasteiger partial charge in [-0.05, 0) is 60.2 Å². The molecule has 2 aromatic rings. The van der Waals surface area contributed by atoms with Crippen LogP contribution in [0.25, 0.3) is 0 Å². The third-order valence-electron chi connectivity index (χ3n) is 5.47. The maximum absolute atomic E-state index is 11.1. The summed E-state index contributed by atoms with van der Waals surface area (Å²) >= 11 is 0. The minimum Gasteiger partial charge on any atom is -0.392 e. The molecule has 2 nitrogen and oxygen atoms in total. The highest BCUT2D eigenvalue weighted by atomic mass is 32.3. The highest BCUT2D eigenvalue weighted by molar-refractivity contribution is 8.33. The molecule has 0 aromatic heterocycles. The molecule has 0 radical (unpaired) electrons. The molecule has 3 heteroatoms. The van der Waals surface area contributed by atoms with E-state index in [-0.39, 0.29) is 6.10 Å². The normalized spacial score (nSPS) is 23.1. The maximum atomic E-state index is 11.1. The monoisotopic (exact) mass is 343 g/mol. The van der Waals surface area contributed by atoms with E-state index in [4.69, 9.17) is 0 Å². The molecule has 0 aliphatic heterocycles. The summed E-state index contributed by atoms with van der Waals surface area (Å²) in [5.74, 6) is 1.21. The number of aliphatic hydroxyl groups excluding tert-OH is 1. The van der Waals surface area contributed by atoms with Crippen molar-refractivity contribution in [2.75, 3.05) is 19.1 Å². The van der Waals surface area contributed by atoms with Gasteiger partial charge >= 0.3 is 0 Å². The Labute approximate surface area is 147 Å². The Kier molecular flexibility index (Phi) is 5.65. The highest BCUT2D eigenvalue weighted by Crippen LogP contribution is 2.60. The van der Waals surface area contributed by atoms with E-state index in [9.17, 15) is 5.11 Å². The van der Waals surface area contributed by atoms with Crippen LogP contribution in [0.1, 0.15) is 19.3 Å². The van der Waals surface area contributed by atoms with E-state index < -0.39 is 10.0 Å². The van der Waals surface area contributed by atoms with Gasteiger partial charge in [0, 0.05) is 17.7 Å². The summed E-state index contributed by atoms with van der Waals surface area (Å²) < 4.78 is 0. The Hall–Kier alpha value is -1.29. The van der Waals surface area contributed by atoms with Crippen LogP contribution in [-0.4, -0.2) is 36.3 Å². The molecule has 0 unspecified atom stereocenters. The zero-order valence-corrected chi connectivity index (χ0v) is 15.5. The molecular weight excluding hydrogens is 314 g/mol. The smallest absolute Gasteiger partial charge is 0.0665 e. The first-order valence-electron chi connectivity index (χ1n) is 8.86. The van der Waals surface area contributed by atoms with Crippen molar-refractivity contribution in [1.29, 1.82) is 0 Å².